The Kier molecular flexibility index (Phi) is 8.05. The highest BCUT2D eigenvalue weighted by molar-refractivity contribution is 7.99. The van der Waals surface area contributed by atoms with Crippen molar-refractivity contribution < 1.29 is 19.1 Å². The first-order chi connectivity index (χ1) is 14.9. The number of hydrogen-bond acceptors (Lipinski definition) is 5. The molecular formula is C21H20ClFN4O3S. The molecule has 162 valence electrons. The predicted octanol–water partition coefficient (Wildman–Crippen LogP) is 3.22. The molecule has 3 N–H and O–H groups in total. The van der Waals surface area contributed by atoms with E-state index < -0.39 is 5.82 Å². The SMILES string of the molecule is O=C(Cn1c(CO)cnc1SCC(=O)Nc1cccc(F)c1)NCc1ccc(Cl)cc1. The molecule has 2 aromatic carbocycles. The monoisotopic (exact) mass is 462 g/mol. The van der Waals surface area contributed by atoms with Crippen molar-refractivity contribution in [3.63, 3.8) is 0 Å². The van der Waals surface area contributed by atoms with Crippen molar-refractivity contribution in [3.8, 4) is 0 Å². The maximum absolute atomic E-state index is 13.2. The number of anilines is 1. The molecule has 3 rings (SSSR count). The molecule has 3 aromatic rings. The van der Waals surface area contributed by atoms with Gasteiger partial charge in [-0.05, 0) is 35.9 Å². The number of imidazole rings is 1. The van der Waals surface area contributed by atoms with Gasteiger partial charge in [0.1, 0.15) is 12.4 Å². The summed E-state index contributed by atoms with van der Waals surface area (Å²) >= 11 is 6.97. The van der Waals surface area contributed by atoms with E-state index in [4.69, 9.17) is 11.6 Å². The summed E-state index contributed by atoms with van der Waals surface area (Å²) < 4.78 is 14.8. The standard InChI is InChI=1S/C21H20ClFN4O3S/c22-15-6-4-14(5-7-15)9-24-19(29)11-27-18(12-28)10-25-21(27)31-13-20(30)26-17-3-1-2-16(23)8-17/h1-8,10,28H,9,11-13H2,(H,24,29)(H,26,30). The Morgan fingerprint density at radius 2 is 1.94 bits per heavy atom. The quantitative estimate of drug-likeness (QED) is 0.424. The predicted molar refractivity (Wildman–Crippen MR) is 117 cm³/mol. The highest BCUT2D eigenvalue weighted by Crippen LogP contribution is 2.20. The summed E-state index contributed by atoms with van der Waals surface area (Å²) in [6.07, 6.45) is 1.46. The van der Waals surface area contributed by atoms with Gasteiger partial charge in [0.05, 0.1) is 24.3 Å². The summed E-state index contributed by atoms with van der Waals surface area (Å²) in [5.41, 5.74) is 1.70. The molecule has 0 aliphatic rings. The van der Waals surface area contributed by atoms with E-state index in [1.807, 2.05) is 12.1 Å². The number of amides is 2. The zero-order valence-corrected chi connectivity index (χ0v) is 17.9. The fourth-order valence-corrected chi connectivity index (χ4v) is 3.62. The second kappa shape index (κ2) is 10.9. The molecule has 0 saturated carbocycles. The van der Waals surface area contributed by atoms with Gasteiger partial charge < -0.3 is 20.3 Å². The fourth-order valence-electron chi connectivity index (χ4n) is 2.70. The van der Waals surface area contributed by atoms with E-state index in [1.54, 1.807) is 22.8 Å². The third-order valence-corrected chi connectivity index (χ3v) is 5.45. The van der Waals surface area contributed by atoms with Crippen molar-refractivity contribution in [1.29, 1.82) is 0 Å². The number of nitrogens with zero attached hydrogens (tertiary/aromatic N) is 2. The van der Waals surface area contributed by atoms with E-state index in [1.165, 1.54) is 24.4 Å². The van der Waals surface area contributed by atoms with Gasteiger partial charge in [0.25, 0.3) is 0 Å². The molecule has 31 heavy (non-hydrogen) atoms. The Balaban J connectivity index is 1.57. The largest absolute Gasteiger partial charge is 0.390 e. The van der Waals surface area contributed by atoms with E-state index in [2.05, 4.69) is 15.6 Å². The van der Waals surface area contributed by atoms with Crippen molar-refractivity contribution in [2.75, 3.05) is 11.1 Å². The Labute approximate surface area is 187 Å². The summed E-state index contributed by atoms with van der Waals surface area (Å²) in [5, 5.41) is 16.0. The molecule has 0 aliphatic heterocycles. The number of benzene rings is 2. The molecule has 7 nitrogen and oxygen atoms in total. The van der Waals surface area contributed by atoms with E-state index in [0.29, 0.717) is 28.1 Å². The summed E-state index contributed by atoms with van der Waals surface area (Å²) in [6.45, 7) is -0.0253. The zero-order chi connectivity index (χ0) is 22.2. The fraction of sp³-hybridized carbons (Fsp3) is 0.190. The Bertz CT molecular complexity index is 1060. The van der Waals surface area contributed by atoms with E-state index in [-0.39, 0.29) is 30.7 Å². The van der Waals surface area contributed by atoms with Crippen LogP contribution in [-0.2, 0) is 29.3 Å². The van der Waals surface area contributed by atoms with Crippen LogP contribution in [0.2, 0.25) is 5.02 Å². The van der Waals surface area contributed by atoms with E-state index >= 15 is 0 Å². The Morgan fingerprint density at radius 3 is 2.65 bits per heavy atom. The van der Waals surface area contributed by atoms with Crippen LogP contribution < -0.4 is 10.6 Å². The van der Waals surface area contributed by atoms with Gasteiger partial charge >= 0.3 is 0 Å². The number of nitrogens with one attached hydrogen (secondary N) is 2. The van der Waals surface area contributed by atoms with Gasteiger partial charge in [0, 0.05) is 17.3 Å². The van der Waals surface area contributed by atoms with Crippen molar-refractivity contribution >= 4 is 40.9 Å². The number of halogens is 2. The molecule has 0 atom stereocenters. The van der Waals surface area contributed by atoms with Gasteiger partial charge in [0.2, 0.25) is 11.8 Å². The molecule has 0 radical (unpaired) electrons. The van der Waals surface area contributed by atoms with Gasteiger partial charge in [0.15, 0.2) is 5.16 Å². The van der Waals surface area contributed by atoms with Gasteiger partial charge in [-0.15, -0.1) is 0 Å². The first-order valence-corrected chi connectivity index (χ1v) is 10.7. The van der Waals surface area contributed by atoms with Gasteiger partial charge in [-0.25, -0.2) is 9.37 Å². The van der Waals surface area contributed by atoms with Crippen molar-refractivity contribution in [2.24, 2.45) is 0 Å². The van der Waals surface area contributed by atoms with Crippen LogP contribution in [0.15, 0.2) is 59.9 Å². The lowest BCUT2D eigenvalue weighted by Gasteiger charge is -2.11. The Hall–Kier alpha value is -2.88. The minimum atomic E-state index is -0.446. The molecule has 2 amide bonds. The molecule has 0 unspecified atom stereocenters. The third-order valence-electron chi connectivity index (χ3n) is 4.21. The van der Waals surface area contributed by atoms with Gasteiger partial charge in [-0.1, -0.05) is 41.6 Å². The molecule has 0 bridgehead atoms. The average molecular weight is 463 g/mol. The van der Waals surface area contributed by atoms with Crippen LogP contribution in [0.5, 0.6) is 0 Å². The topological polar surface area (TPSA) is 96.2 Å². The van der Waals surface area contributed by atoms with Crippen molar-refractivity contribution in [2.45, 2.75) is 24.9 Å². The van der Waals surface area contributed by atoms with Gasteiger partial charge in [-0.3, -0.25) is 9.59 Å². The second-order valence-corrected chi connectivity index (χ2v) is 7.91. The molecule has 0 saturated heterocycles. The van der Waals surface area contributed by atoms with Crippen LogP contribution in [0.4, 0.5) is 10.1 Å². The molecule has 0 fully saturated rings. The lowest BCUT2D eigenvalue weighted by molar-refractivity contribution is -0.122. The number of carbonyl (C=O) groups excluding carboxylic acids is 2. The number of carbonyl (C=O) groups is 2. The number of aromatic nitrogens is 2. The molecule has 1 heterocycles. The Morgan fingerprint density at radius 1 is 1.16 bits per heavy atom. The smallest absolute Gasteiger partial charge is 0.240 e. The van der Waals surface area contributed by atoms with Crippen molar-refractivity contribution in [3.05, 3.63) is 76.8 Å². The minimum absolute atomic E-state index is 0.00475. The number of aliphatic hydroxyl groups is 1. The number of aliphatic hydroxyl groups excluding tert-OH is 1. The first kappa shape index (κ1) is 22.8. The molecule has 0 spiro atoms. The van der Waals surface area contributed by atoms with E-state index in [0.717, 1.165) is 17.3 Å². The number of rotatable bonds is 9. The third kappa shape index (κ3) is 6.81. The highest BCUT2D eigenvalue weighted by Gasteiger charge is 2.15. The van der Waals surface area contributed by atoms with Crippen LogP contribution in [0, 0.1) is 5.82 Å². The summed E-state index contributed by atoms with van der Waals surface area (Å²) in [5.74, 6) is -1.06. The summed E-state index contributed by atoms with van der Waals surface area (Å²) in [6, 6.07) is 12.7. The minimum Gasteiger partial charge on any atom is -0.390 e. The molecular weight excluding hydrogens is 443 g/mol. The zero-order valence-electron chi connectivity index (χ0n) is 16.3. The maximum atomic E-state index is 13.2. The second-order valence-electron chi connectivity index (χ2n) is 6.53. The van der Waals surface area contributed by atoms with Crippen LogP contribution in [0.1, 0.15) is 11.3 Å². The van der Waals surface area contributed by atoms with E-state index in [9.17, 15) is 19.1 Å². The summed E-state index contributed by atoms with van der Waals surface area (Å²) in [4.78, 5) is 28.7. The highest BCUT2D eigenvalue weighted by atomic mass is 35.5. The number of thioether (sulfide) groups is 1. The normalized spacial score (nSPS) is 10.7. The molecule has 0 aliphatic carbocycles. The van der Waals surface area contributed by atoms with Crippen molar-refractivity contribution in [1.82, 2.24) is 14.9 Å². The molecule has 10 heteroatoms. The molecule has 1 aromatic heterocycles. The van der Waals surface area contributed by atoms with Crippen LogP contribution in [0.3, 0.4) is 0 Å². The lowest BCUT2D eigenvalue weighted by atomic mass is 10.2. The summed E-state index contributed by atoms with van der Waals surface area (Å²) in [7, 11) is 0. The lowest BCUT2D eigenvalue weighted by Crippen LogP contribution is -2.28. The van der Waals surface area contributed by atoms with Crippen LogP contribution >= 0.6 is 23.4 Å². The number of hydrogen-bond donors (Lipinski definition) is 3. The van der Waals surface area contributed by atoms with Crippen LogP contribution in [-0.4, -0.2) is 32.2 Å². The van der Waals surface area contributed by atoms with Crippen LogP contribution in [0.25, 0.3) is 0 Å². The van der Waals surface area contributed by atoms with Gasteiger partial charge in [-0.2, -0.15) is 0 Å². The maximum Gasteiger partial charge on any atom is 0.240 e. The average Bonchev–Trinajstić information content (AvgIpc) is 3.13. The first-order valence-electron chi connectivity index (χ1n) is 9.29.